The van der Waals surface area contributed by atoms with Crippen molar-refractivity contribution in [2.24, 2.45) is 11.8 Å². The third-order valence-corrected chi connectivity index (χ3v) is 6.77. The van der Waals surface area contributed by atoms with E-state index in [2.05, 4.69) is 0 Å². The molecule has 3 rings (SSSR count). The van der Waals surface area contributed by atoms with E-state index in [9.17, 15) is 23.1 Å². The topological polar surface area (TPSA) is 95.0 Å². The van der Waals surface area contributed by atoms with Crippen LogP contribution in [0.4, 0.5) is 5.69 Å². The number of aliphatic carboxylic acids is 1. The Balaban J connectivity index is 1.94. The van der Waals surface area contributed by atoms with E-state index < -0.39 is 21.9 Å². The molecule has 1 amide bonds. The van der Waals surface area contributed by atoms with Crippen molar-refractivity contribution in [2.45, 2.75) is 31.6 Å². The van der Waals surface area contributed by atoms with Crippen LogP contribution in [0.25, 0.3) is 0 Å². The highest BCUT2D eigenvalue weighted by atomic mass is 32.2. The summed E-state index contributed by atoms with van der Waals surface area (Å²) < 4.78 is 27.3. The Kier molecular flexibility index (Phi) is 4.59. The number of carboxylic acid groups (broad SMARTS) is 1. The molecule has 0 aliphatic carbocycles. The van der Waals surface area contributed by atoms with E-state index in [1.54, 1.807) is 17.0 Å². The zero-order valence-electron chi connectivity index (χ0n) is 14.3. The third kappa shape index (κ3) is 3.28. The number of hydrogen-bond donors (Lipinski definition) is 1. The minimum atomic E-state index is -3.80. The Hall–Kier alpha value is -1.93. The van der Waals surface area contributed by atoms with Crippen LogP contribution in [0, 0.1) is 11.8 Å². The highest BCUT2D eigenvalue weighted by molar-refractivity contribution is 7.89. The number of benzene rings is 1. The number of piperidine rings is 1. The molecular formula is C17H22N2O5S. The Morgan fingerprint density at radius 2 is 1.96 bits per heavy atom. The van der Waals surface area contributed by atoms with Gasteiger partial charge in [-0.1, -0.05) is 13.0 Å². The van der Waals surface area contributed by atoms with E-state index >= 15 is 0 Å². The van der Waals surface area contributed by atoms with Crippen molar-refractivity contribution in [3.63, 3.8) is 0 Å². The molecule has 2 atom stereocenters. The first kappa shape index (κ1) is 17.9. The number of carbonyl (C=O) groups excluding carboxylic acids is 1. The maximum atomic E-state index is 13.0. The number of rotatable bonds is 3. The summed E-state index contributed by atoms with van der Waals surface area (Å²) in [5, 5.41) is 9.27. The smallest absolute Gasteiger partial charge is 0.307 e. The summed E-state index contributed by atoms with van der Waals surface area (Å²) >= 11 is 0. The molecule has 25 heavy (non-hydrogen) atoms. The van der Waals surface area contributed by atoms with Gasteiger partial charge in [-0.15, -0.1) is 0 Å². The molecule has 0 saturated carbocycles. The average molecular weight is 366 g/mol. The second-order valence-electron chi connectivity index (χ2n) is 6.91. The van der Waals surface area contributed by atoms with Gasteiger partial charge in [0.2, 0.25) is 15.9 Å². The summed E-state index contributed by atoms with van der Waals surface area (Å²) in [5.41, 5.74) is 1.58. The van der Waals surface area contributed by atoms with Gasteiger partial charge in [-0.25, -0.2) is 8.42 Å². The van der Waals surface area contributed by atoms with Gasteiger partial charge >= 0.3 is 5.97 Å². The summed E-state index contributed by atoms with van der Waals surface area (Å²) in [6.45, 7) is 4.16. The van der Waals surface area contributed by atoms with Crippen LogP contribution < -0.4 is 4.90 Å². The summed E-state index contributed by atoms with van der Waals surface area (Å²) in [7, 11) is -3.80. The second kappa shape index (κ2) is 6.42. The van der Waals surface area contributed by atoms with E-state index in [0.717, 1.165) is 5.56 Å². The van der Waals surface area contributed by atoms with Crippen molar-refractivity contribution in [1.29, 1.82) is 0 Å². The van der Waals surface area contributed by atoms with Crippen molar-refractivity contribution in [2.75, 3.05) is 24.5 Å². The lowest BCUT2D eigenvalue weighted by atomic mass is 9.92. The highest BCUT2D eigenvalue weighted by Gasteiger charge is 2.37. The maximum absolute atomic E-state index is 13.0. The Morgan fingerprint density at radius 3 is 2.60 bits per heavy atom. The molecular weight excluding hydrogens is 344 g/mol. The van der Waals surface area contributed by atoms with Crippen molar-refractivity contribution in [3.8, 4) is 0 Å². The molecule has 1 fully saturated rings. The molecule has 136 valence electrons. The predicted molar refractivity (Wildman–Crippen MR) is 91.8 cm³/mol. The van der Waals surface area contributed by atoms with Gasteiger partial charge in [0.1, 0.15) is 0 Å². The van der Waals surface area contributed by atoms with E-state index in [1.165, 1.54) is 17.3 Å². The van der Waals surface area contributed by atoms with Crippen LogP contribution in [0.1, 0.15) is 25.8 Å². The number of amides is 1. The molecule has 1 aromatic carbocycles. The number of anilines is 1. The first-order valence-electron chi connectivity index (χ1n) is 8.34. The standard InChI is InChI=1S/C17H22N2O5S/c1-11-7-14(17(21)22)10-18(9-11)25(23,24)15-4-3-13-5-6-19(12(2)20)16(13)8-15/h3-4,8,11,14H,5-7,9-10H2,1-2H3,(H,21,22). The monoisotopic (exact) mass is 366 g/mol. The fraction of sp³-hybridized carbons (Fsp3) is 0.529. The van der Waals surface area contributed by atoms with Gasteiger partial charge in [-0.2, -0.15) is 4.31 Å². The second-order valence-corrected chi connectivity index (χ2v) is 8.85. The minimum absolute atomic E-state index is 0.0183. The number of hydrogen-bond acceptors (Lipinski definition) is 4. The molecule has 0 spiro atoms. The lowest BCUT2D eigenvalue weighted by Gasteiger charge is -2.33. The van der Waals surface area contributed by atoms with E-state index in [0.29, 0.717) is 31.6 Å². The van der Waals surface area contributed by atoms with Gasteiger partial charge in [0.15, 0.2) is 0 Å². The van der Waals surface area contributed by atoms with Gasteiger partial charge in [-0.3, -0.25) is 9.59 Å². The molecule has 1 aromatic rings. The Morgan fingerprint density at radius 1 is 1.24 bits per heavy atom. The molecule has 2 aliphatic heterocycles. The fourth-order valence-electron chi connectivity index (χ4n) is 3.67. The van der Waals surface area contributed by atoms with Gasteiger partial charge in [0.25, 0.3) is 0 Å². The molecule has 1 saturated heterocycles. The van der Waals surface area contributed by atoms with Crippen LogP contribution in [-0.2, 0) is 26.0 Å². The molecule has 2 unspecified atom stereocenters. The first-order chi connectivity index (χ1) is 11.7. The molecule has 7 nitrogen and oxygen atoms in total. The molecule has 2 aliphatic rings. The SMILES string of the molecule is CC(=O)N1CCc2ccc(S(=O)(=O)N3CC(C)CC(C(=O)O)C3)cc21. The number of carboxylic acids is 1. The quantitative estimate of drug-likeness (QED) is 0.871. The molecule has 0 bridgehead atoms. The molecule has 2 heterocycles. The van der Waals surface area contributed by atoms with Crippen molar-refractivity contribution >= 4 is 27.6 Å². The Bertz CT molecular complexity index is 820. The van der Waals surface area contributed by atoms with Crippen molar-refractivity contribution in [3.05, 3.63) is 23.8 Å². The summed E-state index contributed by atoms with van der Waals surface area (Å²) in [4.78, 5) is 24.7. The van der Waals surface area contributed by atoms with Gasteiger partial charge in [0.05, 0.1) is 10.8 Å². The average Bonchev–Trinajstić information content (AvgIpc) is 2.97. The van der Waals surface area contributed by atoms with Gasteiger partial charge in [0, 0.05) is 32.2 Å². The van der Waals surface area contributed by atoms with E-state index in [1.807, 2.05) is 6.92 Å². The van der Waals surface area contributed by atoms with Crippen LogP contribution in [0.5, 0.6) is 0 Å². The summed E-state index contributed by atoms with van der Waals surface area (Å²) in [6.07, 6.45) is 1.18. The van der Waals surface area contributed by atoms with Crippen LogP contribution in [0.2, 0.25) is 0 Å². The predicted octanol–water partition coefficient (Wildman–Crippen LogP) is 1.33. The molecule has 1 N–H and O–H groups in total. The maximum Gasteiger partial charge on any atom is 0.307 e. The normalized spacial score (nSPS) is 24.2. The van der Waals surface area contributed by atoms with E-state index in [-0.39, 0.29) is 23.3 Å². The van der Waals surface area contributed by atoms with Crippen molar-refractivity contribution in [1.82, 2.24) is 4.31 Å². The number of carbonyl (C=O) groups is 2. The third-order valence-electron chi connectivity index (χ3n) is 4.95. The van der Waals surface area contributed by atoms with Gasteiger partial charge in [-0.05, 0) is 36.5 Å². The van der Waals surface area contributed by atoms with Crippen LogP contribution >= 0.6 is 0 Å². The first-order valence-corrected chi connectivity index (χ1v) is 9.78. The number of nitrogens with zero attached hydrogens (tertiary/aromatic N) is 2. The number of fused-ring (bicyclic) bond motifs is 1. The molecule has 0 aromatic heterocycles. The minimum Gasteiger partial charge on any atom is -0.481 e. The lowest BCUT2D eigenvalue weighted by molar-refractivity contribution is -0.143. The van der Waals surface area contributed by atoms with Crippen LogP contribution in [-0.4, -0.2) is 49.3 Å². The highest BCUT2D eigenvalue weighted by Crippen LogP contribution is 2.33. The van der Waals surface area contributed by atoms with E-state index in [4.69, 9.17) is 0 Å². The van der Waals surface area contributed by atoms with Crippen LogP contribution in [0.15, 0.2) is 23.1 Å². The van der Waals surface area contributed by atoms with Crippen LogP contribution in [0.3, 0.4) is 0 Å². The molecule has 0 radical (unpaired) electrons. The summed E-state index contributed by atoms with van der Waals surface area (Å²) in [6, 6.07) is 4.83. The summed E-state index contributed by atoms with van der Waals surface area (Å²) in [5.74, 6) is -1.80. The largest absolute Gasteiger partial charge is 0.481 e. The zero-order chi connectivity index (χ0) is 18.4. The number of sulfonamides is 1. The van der Waals surface area contributed by atoms with Gasteiger partial charge < -0.3 is 10.0 Å². The van der Waals surface area contributed by atoms with Crippen molar-refractivity contribution < 1.29 is 23.1 Å². The molecule has 8 heteroatoms. The Labute approximate surface area is 147 Å². The lowest BCUT2D eigenvalue weighted by Crippen LogP contribution is -2.45. The zero-order valence-corrected chi connectivity index (χ0v) is 15.1. The fourth-order valence-corrected chi connectivity index (χ4v) is 5.30.